The molecule has 3 aromatic carbocycles. The molecule has 2 aliphatic heterocycles. The van der Waals surface area contributed by atoms with Gasteiger partial charge in [0.1, 0.15) is 0 Å². The molecule has 7 nitrogen and oxygen atoms in total. The van der Waals surface area contributed by atoms with Crippen LogP contribution in [0.1, 0.15) is 38.6 Å². The Morgan fingerprint density at radius 1 is 0.941 bits per heavy atom. The number of nitrogens with zero attached hydrogens (tertiary/aromatic N) is 3. The van der Waals surface area contributed by atoms with E-state index in [-0.39, 0.29) is 17.8 Å². The highest BCUT2D eigenvalue weighted by Crippen LogP contribution is 2.35. The molecule has 1 atom stereocenters. The maximum absolute atomic E-state index is 12.9. The molecule has 1 fully saturated rings. The fourth-order valence-corrected chi connectivity index (χ4v) is 5.60. The predicted octanol–water partition coefficient (Wildman–Crippen LogP) is 5.12. The topological polar surface area (TPSA) is 82.6 Å². The van der Waals surface area contributed by atoms with E-state index in [4.69, 9.17) is 0 Å². The first-order chi connectivity index (χ1) is 16.6. The van der Waals surface area contributed by atoms with Gasteiger partial charge in [0.05, 0.1) is 21.3 Å². The summed E-state index contributed by atoms with van der Waals surface area (Å²) in [5, 5.41) is 3.31. The van der Waals surface area contributed by atoms with Crippen LogP contribution in [0.3, 0.4) is 0 Å². The minimum atomic E-state index is -0.366. The molecule has 0 saturated carbocycles. The highest BCUT2D eigenvalue weighted by Gasteiger charge is 2.38. The Balaban J connectivity index is 1.19. The second kappa shape index (κ2) is 8.07. The van der Waals surface area contributed by atoms with Crippen molar-refractivity contribution in [1.29, 1.82) is 0 Å². The normalized spacial score (nSPS) is 17.5. The summed E-state index contributed by atoms with van der Waals surface area (Å²) in [5.41, 5.74) is 3.35. The van der Waals surface area contributed by atoms with Crippen LogP contribution < -0.4 is 10.2 Å². The fourth-order valence-electron chi connectivity index (χ4n) is 4.59. The summed E-state index contributed by atoms with van der Waals surface area (Å²) in [4.78, 5) is 45.9. The number of likely N-dealkylation sites (tertiary alicyclic amines) is 1. The van der Waals surface area contributed by atoms with Crippen LogP contribution in [0.4, 0.5) is 15.6 Å². The molecule has 2 aliphatic rings. The molecule has 4 aromatic rings. The van der Waals surface area contributed by atoms with Crippen molar-refractivity contribution in [2.24, 2.45) is 0 Å². The summed E-state index contributed by atoms with van der Waals surface area (Å²) in [6.07, 6.45) is 0.939. The maximum atomic E-state index is 12.9. The zero-order valence-electron chi connectivity index (χ0n) is 18.1. The third-order valence-corrected chi connectivity index (χ3v) is 7.36. The molecule has 0 spiro atoms. The molecule has 0 aliphatic carbocycles. The number of urea groups is 1. The number of anilines is 2. The van der Waals surface area contributed by atoms with Gasteiger partial charge in [-0.05, 0) is 42.3 Å². The summed E-state index contributed by atoms with van der Waals surface area (Å²) in [7, 11) is 0. The molecule has 4 amide bonds. The van der Waals surface area contributed by atoms with Gasteiger partial charge in [-0.2, -0.15) is 0 Å². The Bertz CT molecular complexity index is 1410. The van der Waals surface area contributed by atoms with E-state index in [0.717, 1.165) is 16.0 Å². The number of carbonyl (C=O) groups excluding carboxylic acids is 3. The second-order valence-corrected chi connectivity index (χ2v) is 9.45. The Kier molecular flexibility index (Phi) is 4.88. The predicted molar refractivity (Wildman–Crippen MR) is 132 cm³/mol. The van der Waals surface area contributed by atoms with Crippen LogP contribution in [-0.4, -0.2) is 40.8 Å². The largest absolute Gasteiger partial charge is 0.324 e. The third kappa shape index (κ3) is 3.43. The minimum Gasteiger partial charge on any atom is -0.324 e. The molecule has 6 rings (SSSR count). The van der Waals surface area contributed by atoms with Gasteiger partial charge < -0.3 is 10.2 Å². The van der Waals surface area contributed by atoms with Gasteiger partial charge in [0.25, 0.3) is 11.8 Å². The first-order valence-corrected chi connectivity index (χ1v) is 11.9. The lowest BCUT2D eigenvalue weighted by molar-refractivity contribution is 0.0926. The van der Waals surface area contributed by atoms with Crippen LogP contribution in [0, 0.1) is 0 Å². The van der Waals surface area contributed by atoms with Gasteiger partial charge in [0.15, 0.2) is 0 Å². The molecule has 0 bridgehead atoms. The minimum absolute atomic E-state index is 0.136. The van der Waals surface area contributed by atoms with Crippen LogP contribution >= 0.6 is 11.3 Å². The first kappa shape index (κ1) is 20.6. The summed E-state index contributed by atoms with van der Waals surface area (Å²) < 4.78 is 0.785. The number of hydrogen-bond acceptors (Lipinski definition) is 5. The smallest absolute Gasteiger partial charge is 0.321 e. The quantitative estimate of drug-likeness (QED) is 0.423. The monoisotopic (exact) mass is 468 g/mol. The van der Waals surface area contributed by atoms with Gasteiger partial charge in [-0.15, -0.1) is 0 Å². The van der Waals surface area contributed by atoms with Crippen molar-refractivity contribution in [3.8, 4) is 0 Å². The lowest BCUT2D eigenvalue weighted by atomic mass is 9.99. The van der Waals surface area contributed by atoms with Gasteiger partial charge >= 0.3 is 6.03 Å². The molecule has 168 valence electrons. The molecular weight excluding hydrogens is 448 g/mol. The Labute approximate surface area is 199 Å². The number of nitrogens with one attached hydrogen (secondary N) is 1. The molecule has 1 N–H and O–H groups in total. The van der Waals surface area contributed by atoms with Crippen molar-refractivity contribution in [1.82, 2.24) is 9.88 Å². The zero-order chi connectivity index (χ0) is 23.2. The number of thiazole rings is 1. The van der Waals surface area contributed by atoms with E-state index in [0.29, 0.717) is 46.5 Å². The Hall–Kier alpha value is -4.04. The highest BCUT2D eigenvalue weighted by molar-refractivity contribution is 7.22. The van der Waals surface area contributed by atoms with E-state index in [1.54, 1.807) is 36.4 Å². The highest BCUT2D eigenvalue weighted by atomic mass is 32.1. The van der Waals surface area contributed by atoms with Gasteiger partial charge in [-0.3, -0.25) is 9.59 Å². The number of hydrogen-bond donors (Lipinski definition) is 1. The third-order valence-electron chi connectivity index (χ3n) is 6.36. The van der Waals surface area contributed by atoms with Crippen molar-refractivity contribution in [2.75, 3.05) is 23.3 Å². The van der Waals surface area contributed by atoms with Crippen LogP contribution in [0.5, 0.6) is 0 Å². The zero-order valence-corrected chi connectivity index (χ0v) is 18.9. The molecule has 34 heavy (non-hydrogen) atoms. The van der Waals surface area contributed by atoms with E-state index >= 15 is 0 Å². The van der Waals surface area contributed by atoms with Crippen LogP contribution in [0.25, 0.3) is 10.2 Å². The second-order valence-electron chi connectivity index (χ2n) is 8.44. The van der Waals surface area contributed by atoms with Gasteiger partial charge in [-0.25, -0.2) is 14.7 Å². The number of benzene rings is 3. The van der Waals surface area contributed by atoms with Gasteiger partial charge in [0, 0.05) is 24.7 Å². The number of rotatable bonds is 3. The van der Waals surface area contributed by atoms with Gasteiger partial charge in [-0.1, -0.05) is 53.8 Å². The van der Waals surface area contributed by atoms with E-state index < -0.39 is 0 Å². The molecule has 1 aromatic heterocycles. The molecular formula is C26H20N4O3S. The number of aromatic nitrogens is 1. The number of carbonyl (C=O) groups is 3. The summed E-state index contributed by atoms with van der Waals surface area (Å²) in [5.74, 6) is -0.386. The van der Waals surface area contributed by atoms with E-state index in [1.807, 2.05) is 29.2 Å². The lowest BCUT2D eigenvalue weighted by Crippen LogP contribution is -2.32. The molecule has 0 radical (unpaired) electrons. The molecule has 8 heteroatoms. The number of amides is 4. The van der Waals surface area contributed by atoms with Crippen molar-refractivity contribution in [3.05, 3.63) is 89.5 Å². The Morgan fingerprint density at radius 3 is 2.38 bits per heavy atom. The Morgan fingerprint density at radius 2 is 1.65 bits per heavy atom. The number of imide groups is 1. The van der Waals surface area contributed by atoms with Crippen molar-refractivity contribution < 1.29 is 14.4 Å². The van der Waals surface area contributed by atoms with Crippen LogP contribution in [0.15, 0.2) is 72.8 Å². The average molecular weight is 469 g/mol. The van der Waals surface area contributed by atoms with Crippen LogP contribution in [0.2, 0.25) is 0 Å². The van der Waals surface area contributed by atoms with Crippen molar-refractivity contribution >= 4 is 50.2 Å². The summed E-state index contributed by atoms with van der Waals surface area (Å²) in [6, 6.07) is 22.3. The van der Waals surface area contributed by atoms with E-state index in [2.05, 4.69) is 22.4 Å². The van der Waals surface area contributed by atoms with E-state index in [9.17, 15) is 14.4 Å². The van der Waals surface area contributed by atoms with Gasteiger partial charge in [0.2, 0.25) is 5.13 Å². The fraction of sp³-hybridized carbons (Fsp3) is 0.154. The molecule has 3 heterocycles. The van der Waals surface area contributed by atoms with E-state index in [1.165, 1.54) is 16.9 Å². The molecule has 0 unspecified atom stereocenters. The van der Waals surface area contributed by atoms with Crippen LogP contribution in [-0.2, 0) is 0 Å². The standard InChI is InChI=1S/C26H20N4O3S/c31-23-19-8-4-5-9-20(19)24(32)30(23)26-28-21-11-10-18(14-22(21)34-26)27-25(33)29-13-12-17(15-29)16-6-2-1-3-7-16/h1-11,14,17H,12-13,15H2,(H,27,33)/t17-/m1/s1. The average Bonchev–Trinajstić information content (AvgIpc) is 3.57. The SMILES string of the molecule is O=C(Nc1ccc2nc(N3C(=O)c4ccccc4C3=O)sc2c1)N1CC[C@@H](c2ccccc2)C1. The summed E-state index contributed by atoms with van der Waals surface area (Å²) in [6.45, 7) is 1.39. The van der Waals surface area contributed by atoms with Crippen molar-refractivity contribution in [3.63, 3.8) is 0 Å². The van der Waals surface area contributed by atoms with Crippen molar-refractivity contribution in [2.45, 2.75) is 12.3 Å². The maximum Gasteiger partial charge on any atom is 0.321 e. The number of fused-ring (bicyclic) bond motifs is 2. The molecule has 1 saturated heterocycles. The summed E-state index contributed by atoms with van der Waals surface area (Å²) >= 11 is 1.25. The first-order valence-electron chi connectivity index (χ1n) is 11.1. The lowest BCUT2D eigenvalue weighted by Gasteiger charge is -2.17.